The molecule has 0 aromatic heterocycles. The van der Waals surface area contributed by atoms with E-state index in [9.17, 15) is 0 Å². The van der Waals surface area contributed by atoms with Crippen molar-refractivity contribution in [2.75, 3.05) is 19.8 Å². The Morgan fingerprint density at radius 3 is 1.45 bits per heavy atom. The van der Waals surface area contributed by atoms with Crippen molar-refractivity contribution < 1.29 is 14.9 Å². The minimum absolute atomic E-state index is 0.0885. The Morgan fingerprint density at radius 1 is 0.650 bits per heavy atom. The number of hydrogen-bond donors (Lipinski definition) is 2. The number of unbranched alkanes of at least 4 members (excludes halogenated alkanes) is 11. The summed E-state index contributed by atoms with van der Waals surface area (Å²) in [6.45, 7) is 2.74. The second kappa shape index (κ2) is 16.9. The standard InChI is InChI=1S/C17H36O3/c1-2-3-4-5-6-7-8-9-10-11-12-13-14-20-17(15-18)16-19/h17-19H,2-16H2,1H3. The normalized spacial score (nSPS) is 11.4. The van der Waals surface area contributed by atoms with Crippen LogP contribution in [0.1, 0.15) is 84.0 Å². The molecule has 0 rings (SSSR count). The largest absolute Gasteiger partial charge is 0.394 e. The van der Waals surface area contributed by atoms with Crippen molar-refractivity contribution in [3.8, 4) is 0 Å². The average molecular weight is 288 g/mol. The van der Waals surface area contributed by atoms with Crippen LogP contribution in [-0.4, -0.2) is 36.1 Å². The lowest BCUT2D eigenvalue weighted by atomic mass is 10.1. The predicted molar refractivity (Wildman–Crippen MR) is 85.0 cm³/mol. The van der Waals surface area contributed by atoms with Gasteiger partial charge in [-0.3, -0.25) is 0 Å². The van der Waals surface area contributed by atoms with Crippen molar-refractivity contribution >= 4 is 0 Å². The molecule has 0 aliphatic heterocycles. The monoisotopic (exact) mass is 288 g/mol. The van der Waals surface area contributed by atoms with E-state index in [0.717, 1.165) is 6.42 Å². The zero-order valence-corrected chi connectivity index (χ0v) is 13.5. The molecule has 3 nitrogen and oxygen atoms in total. The van der Waals surface area contributed by atoms with Crippen LogP contribution >= 0.6 is 0 Å². The Kier molecular flexibility index (Phi) is 16.8. The second-order valence-corrected chi connectivity index (χ2v) is 5.75. The Hall–Kier alpha value is -0.120. The summed E-state index contributed by atoms with van der Waals surface area (Å²) < 4.78 is 5.33. The summed E-state index contributed by atoms with van der Waals surface area (Å²) in [5, 5.41) is 17.7. The van der Waals surface area contributed by atoms with E-state index < -0.39 is 0 Å². The molecule has 0 saturated carbocycles. The first-order valence-electron chi connectivity index (χ1n) is 8.68. The number of aliphatic hydroxyl groups is 2. The number of hydrogen-bond acceptors (Lipinski definition) is 3. The van der Waals surface area contributed by atoms with Crippen LogP contribution in [0.5, 0.6) is 0 Å². The fourth-order valence-electron chi connectivity index (χ4n) is 2.36. The van der Waals surface area contributed by atoms with Crippen molar-refractivity contribution in [2.45, 2.75) is 90.1 Å². The molecule has 0 aromatic rings. The molecule has 2 N–H and O–H groups in total. The molecule has 0 amide bonds. The highest BCUT2D eigenvalue weighted by Crippen LogP contribution is 2.11. The summed E-state index contributed by atoms with van der Waals surface area (Å²) in [6.07, 6.45) is 15.6. The minimum Gasteiger partial charge on any atom is -0.394 e. The van der Waals surface area contributed by atoms with Gasteiger partial charge in [0.05, 0.1) is 13.2 Å². The molecule has 0 unspecified atom stereocenters. The maximum atomic E-state index is 8.83. The molecule has 0 radical (unpaired) electrons. The Bertz CT molecular complexity index is 170. The molecule has 0 fully saturated rings. The number of ether oxygens (including phenoxy) is 1. The van der Waals surface area contributed by atoms with E-state index >= 15 is 0 Å². The molecular formula is C17H36O3. The highest BCUT2D eigenvalue weighted by molar-refractivity contribution is 4.52. The number of aliphatic hydroxyl groups excluding tert-OH is 2. The van der Waals surface area contributed by atoms with Gasteiger partial charge in [-0.15, -0.1) is 0 Å². The third-order valence-electron chi connectivity index (χ3n) is 3.76. The van der Waals surface area contributed by atoms with Crippen LogP contribution in [0.15, 0.2) is 0 Å². The van der Waals surface area contributed by atoms with Crippen molar-refractivity contribution in [2.24, 2.45) is 0 Å². The molecule has 0 bridgehead atoms. The quantitative estimate of drug-likeness (QED) is 0.421. The zero-order chi connectivity index (χ0) is 14.9. The van der Waals surface area contributed by atoms with Gasteiger partial charge in [0.2, 0.25) is 0 Å². The van der Waals surface area contributed by atoms with E-state index in [1.165, 1.54) is 70.6 Å². The molecular weight excluding hydrogens is 252 g/mol. The van der Waals surface area contributed by atoms with Crippen LogP contribution in [-0.2, 0) is 4.74 Å². The molecule has 0 spiro atoms. The van der Waals surface area contributed by atoms with E-state index in [1.54, 1.807) is 0 Å². The highest BCUT2D eigenvalue weighted by Gasteiger charge is 2.04. The van der Waals surface area contributed by atoms with E-state index in [1.807, 2.05) is 0 Å². The summed E-state index contributed by atoms with van der Waals surface area (Å²) >= 11 is 0. The number of rotatable bonds is 16. The van der Waals surface area contributed by atoms with E-state index in [-0.39, 0.29) is 19.3 Å². The molecule has 0 aliphatic rings. The molecule has 0 aromatic carbocycles. The summed E-state index contributed by atoms with van der Waals surface area (Å²) in [4.78, 5) is 0. The first kappa shape index (κ1) is 19.9. The molecule has 122 valence electrons. The fourth-order valence-corrected chi connectivity index (χ4v) is 2.36. The van der Waals surface area contributed by atoms with Crippen molar-refractivity contribution in [3.05, 3.63) is 0 Å². The third-order valence-corrected chi connectivity index (χ3v) is 3.76. The van der Waals surface area contributed by atoms with Gasteiger partial charge in [-0.2, -0.15) is 0 Å². The molecule has 3 heteroatoms. The van der Waals surface area contributed by atoms with Gasteiger partial charge in [0.15, 0.2) is 0 Å². The van der Waals surface area contributed by atoms with Crippen LogP contribution < -0.4 is 0 Å². The van der Waals surface area contributed by atoms with Gasteiger partial charge in [0, 0.05) is 6.61 Å². The second-order valence-electron chi connectivity index (χ2n) is 5.75. The first-order chi connectivity index (χ1) is 9.85. The summed E-state index contributed by atoms with van der Waals surface area (Å²) in [5.74, 6) is 0. The summed E-state index contributed by atoms with van der Waals surface area (Å²) in [5.41, 5.74) is 0. The van der Waals surface area contributed by atoms with E-state index in [0.29, 0.717) is 6.61 Å². The summed E-state index contributed by atoms with van der Waals surface area (Å²) in [6, 6.07) is 0. The van der Waals surface area contributed by atoms with E-state index in [4.69, 9.17) is 14.9 Å². The molecule has 0 heterocycles. The average Bonchev–Trinajstić information content (AvgIpc) is 2.48. The SMILES string of the molecule is CCCCCCCCCCCCCCOC(CO)CO. The maximum absolute atomic E-state index is 8.83. The van der Waals surface area contributed by atoms with Gasteiger partial charge in [0.1, 0.15) is 6.10 Å². The topological polar surface area (TPSA) is 49.7 Å². The van der Waals surface area contributed by atoms with Crippen LogP contribution in [0.2, 0.25) is 0 Å². The van der Waals surface area contributed by atoms with Gasteiger partial charge in [-0.25, -0.2) is 0 Å². The lowest BCUT2D eigenvalue weighted by Gasteiger charge is -2.11. The van der Waals surface area contributed by atoms with Gasteiger partial charge in [-0.05, 0) is 6.42 Å². The van der Waals surface area contributed by atoms with Crippen molar-refractivity contribution in [1.82, 2.24) is 0 Å². The van der Waals surface area contributed by atoms with Crippen LogP contribution in [0.25, 0.3) is 0 Å². The van der Waals surface area contributed by atoms with Crippen molar-refractivity contribution in [1.29, 1.82) is 0 Å². The van der Waals surface area contributed by atoms with Crippen LogP contribution in [0, 0.1) is 0 Å². The maximum Gasteiger partial charge on any atom is 0.104 e. The Morgan fingerprint density at radius 2 is 1.05 bits per heavy atom. The Balaban J connectivity index is 3.02. The smallest absolute Gasteiger partial charge is 0.104 e. The first-order valence-corrected chi connectivity index (χ1v) is 8.68. The van der Waals surface area contributed by atoms with Gasteiger partial charge in [-0.1, -0.05) is 77.6 Å². The van der Waals surface area contributed by atoms with Crippen molar-refractivity contribution in [3.63, 3.8) is 0 Å². The minimum atomic E-state index is -0.386. The third kappa shape index (κ3) is 14.3. The van der Waals surface area contributed by atoms with Crippen LogP contribution in [0.4, 0.5) is 0 Å². The zero-order valence-electron chi connectivity index (χ0n) is 13.5. The molecule has 0 aliphatic carbocycles. The fraction of sp³-hybridized carbons (Fsp3) is 1.00. The predicted octanol–water partition coefficient (Wildman–Crippen LogP) is 4.06. The van der Waals surface area contributed by atoms with Crippen LogP contribution in [0.3, 0.4) is 0 Å². The molecule has 20 heavy (non-hydrogen) atoms. The molecule has 0 saturated heterocycles. The van der Waals surface area contributed by atoms with Gasteiger partial charge < -0.3 is 14.9 Å². The molecule has 0 atom stereocenters. The van der Waals surface area contributed by atoms with Gasteiger partial charge >= 0.3 is 0 Å². The van der Waals surface area contributed by atoms with Gasteiger partial charge in [0.25, 0.3) is 0 Å². The highest BCUT2D eigenvalue weighted by atomic mass is 16.5. The Labute approximate surface area is 125 Å². The van der Waals surface area contributed by atoms with E-state index in [2.05, 4.69) is 6.92 Å². The lowest BCUT2D eigenvalue weighted by Crippen LogP contribution is -2.22. The lowest BCUT2D eigenvalue weighted by molar-refractivity contribution is -0.0208. The summed E-state index contributed by atoms with van der Waals surface area (Å²) in [7, 11) is 0.